The zero-order valence-electron chi connectivity index (χ0n) is 17.2. The van der Waals surface area contributed by atoms with E-state index in [0.717, 1.165) is 17.0 Å². The van der Waals surface area contributed by atoms with Gasteiger partial charge >= 0.3 is 17.1 Å². The quantitative estimate of drug-likeness (QED) is 0.729. The van der Waals surface area contributed by atoms with Gasteiger partial charge in [-0.2, -0.15) is 13.2 Å². The van der Waals surface area contributed by atoms with Crippen molar-refractivity contribution in [1.29, 1.82) is 0 Å². The maximum Gasteiger partial charge on any atom is 0.442 e. The van der Waals surface area contributed by atoms with Gasteiger partial charge in [0.05, 0.1) is 4.90 Å². The lowest BCUT2D eigenvalue weighted by Gasteiger charge is -2.28. The third kappa shape index (κ3) is 3.99. The number of amidine groups is 1. The van der Waals surface area contributed by atoms with Gasteiger partial charge in [-0.1, -0.05) is 55.0 Å². The summed E-state index contributed by atoms with van der Waals surface area (Å²) >= 11 is 0. The van der Waals surface area contributed by atoms with Gasteiger partial charge in [-0.15, -0.1) is 0 Å². The van der Waals surface area contributed by atoms with Crippen molar-refractivity contribution in [3.8, 4) is 0 Å². The Morgan fingerprint density at radius 1 is 1.09 bits per heavy atom. The minimum atomic E-state index is -5.40. The highest BCUT2D eigenvalue weighted by Gasteiger charge is 2.67. The number of alkyl halides is 3. The van der Waals surface area contributed by atoms with Crippen LogP contribution in [0, 0.1) is 6.92 Å². The normalized spacial score (nSPS) is 19.1. The molecule has 2 amide bonds. The highest BCUT2D eigenvalue weighted by molar-refractivity contribution is 8.06. The molecule has 32 heavy (non-hydrogen) atoms. The van der Waals surface area contributed by atoms with Gasteiger partial charge in [-0.25, -0.2) is 13.4 Å². The first kappa shape index (κ1) is 23.5. The highest BCUT2D eigenvalue weighted by Crippen LogP contribution is 2.39. The van der Waals surface area contributed by atoms with Crippen LogP contribution in [0.25, 0.3) is 0 Å². The highest BCUT2D eigenvalue weighted by atomic mass is 32.2. The van der Waals surface area contributed by atoms with E-state index >= 15 is 0 Å². The third-order valence-electron chi connectivity index (χ3n) is 4.83. The van der Waals surface area contributed by atoms with Crippen molar-refractivity contribution in [2.45, 2.75) is 37.0 Å². The first-order chi connectivity index (χ1) is 14.9. The molecular weight excluding hydrogens is 447 g/mol. The van der Waals surface area contributed by atoms with Crippen molar-refractivity contribution >= 4 is 26.8 Å². The predicted octanol–water partition coefficient (Wildman–Crippen LogP) is 3.44. The van der Waals surface area contributed by atoms with Gasteiger partial charge in [-0.3, -0.25) is 14.5 Å². The van der Waals surface area contributed by atoms with Gasteiger partial charge in [0.2, 0.25) is 0 Å². The van der Waals surface area contributed by atoms with Crippen LogP contribution in [-0.2, 0) is 14.6 Å². The number of nitrogens with zero attached hydrogens (tertiary/aromatic N) is 2. The maximum absolute atomic E-state index is 14.2. The molecule has 0 aliphatic carbocycles. The third-order valence-corrected chi connectivity index (χ3v) is 6.31. The second-order valence-corrected chi connectivity index (χ2v) is 9.04. The van der Waals surface area contributed by atoms with Gasteiger partial charge in [0.15, 0.2) is 0 Å². The van der Waals surface area contributed by atoms with E-state index < -0.39 is 37.7 Å². The molecule has 1 atom stereocenters. The smallest absolute Gasteiger partial charge is 0.302 e. The molecule has 7 nitrogen and oxygen atoms in total. The summed E-state index contributed by atoms with van der Waals surface area (Å²) in [6.07, 6.45) is -5.09. The fourth-order valence-electron chi connectivity index (χ4n) is 3.17. The molecule has 0 radical (unpaired) electrons. The average molecular weight is 467 g/mol. The van der Waals surface area contributed by atoms with E-state index in [0.29, 0.717) is 12.0 Å². The Hall–Kier alpha value is -3.21. The Labute approximate surface area is 182 Å². The van der Waals surface area contributed by atoms with Gasteiger partial charge in [0, 0.05) is 12.1 Å². The Balaban J connectivity index is 2.10. The molecular formula is C21H20F3N3O4S. The van der Waals surface area contributed by atoms with E-state index in [1.165, 1.54) is 29.6 Å². The zero-order chi connectivity index (χ0) is 23.7. The SMILES string of the molecule is CCCN1C(=O)[C@](NC(=O)S(=O)(=O)c2ccc(C)cc2)(C(F)(F)F)N=C1c1ccccc1. The second-order valence-electron chi connectivity index (χ2n) is 7.20. The van der Waals surface area contributed by atoms with Crippen molar-refractivity contribution in [2.75, 3.05) is 6.54 Å². The number of halogens is 3. The number of benzene rings is 2. The molecule has 0 spiro atoms. The van der Waals surface area contributed by atoms with E-state index in [-0.39, 0.29) is 17.9 Å². The number of amides is 2. The number of aryl methyl sites for hydroxylation is 1. The largest absolute Gasteiger partial charge is 0.442 e. The standard InChI is InChI=1S/C21H20F3N3O4S/c1-3-13-27-17(15-7-5-4-6-8-15)25-20(18(27)28,21(22,23)24)26-19(29)32(30,31)16-11-9-14(2)10-12-16/h4-12H,3,13H2,1-2H3,(H,26,29)/t20-/m0/s1. The van der Waals surface area contributed by atoms with Crippen LogP contribution in [0.15, 0.2) is 64.5 Å². The number of hydrogen-bond acceptors (Lipinski definition) is 5. The fraction of sp³-hybridized carbons (Fsp3) is 0.286. The summed E-state index contributed by atoms with van der Waals surface area (Å²) in [4.78, 5) is 29.4. The number of carbonyl (C=O) groups is 2. The lowest BCUT2D eigenvalue weighted by Crippen LogP contribution is -2.64. The van der Waals surface area contributed by atoms with Crippen LogP contribution in [-0.4, -0.2) is 48.7 Å². The molecule has 0 saturated carbocycles. The van der Waals surface area contributed by atoms with Crippen LogP contribution >= 0.6 is 0 Å². The van der Waals surface area contributed by atoms with Crippen LogP contribution in [0.3, 0.4) is 0 Å². The lowest BCUT2D eigenvalue weighted by molar-refractivity contribution is -0.195. The van der Waals surface area contributed by atoms with Crippen molar-refractivity contribution in [2.24, 2.45) is 4.99 Å². The number of sulfone groups is 1. The van der Waals surface area contributed by atoms with Crippen LogP contribution in [0.2, 0.25) is 0 Å². The van der Waals surface area contributed by atoms with Crippen molar-refractivity contribution in [3.63, 3.8) is 0 Å². The number of rotatable bonds is 5. The Morgan fingerprint density at radius 3 is 2.22 bits per heavy atom. The average Bonchev–Trinajstić information content (AvgIpc) is 3.02. The summed E-state index contributed by atoms with van der Waals surface area (Å²) in [5.41, 5.74) is -2.85. The lowest BCUT2D eigenvalue weighted by atomic mass is 10.1. The van der Waals surface area contributed by atoms with Crippen molar-refractivity contribution < 1.29 is 31.2 Å². The zero-order valence-corrected chi connectivity index (χ0v) is 18.0. The van der Waals surface area contributed by atoms with E-state index in [9.17, 15) is 31.2 Å². The van der Waals surface area contributed by atoms with Gasteiger partial charge in [0.1, 0.15) is 5.84 Å². The van der Waals surface area contributed by atoms with Crippen LogP contribution < -0.4 is 5.32 Å². The summed E-state index contributed by atoms with van der Waals surface area (Å²) < 4.78 is 67.9. The second kappa shape index (κ2) is 8.38. The molecule has 2 aromatic carbocycles. The minimum Gasteiger partial charge on any atom is -0.302 e. The topological polar surface area (TPSA) is 95.9 Å². The molecule has 3 rings (SSSR count). The number of nitrogens with one attached hydrogen (secondary N) is 1. The monoisotopic (exact) mass is 467 g/mol. The summed E-state index contributed by atoms with van der Waals surface area (Å²) in [5.74, 6) is -1.87. The number of aliphatic imine (C=N–C) groups is 1. The Kier molecular flexibility index (Phi) is 6.14. The molecule has 170 valence electrons. The molecule has 1 aliphatic rings. The van der Waals surface area contributed by atoms with E-state index in [2.05, 4.69) is 4.99 Å². The number of carbonyl (C=O) groups excluding carboxylic acids is 2. The molecule has 1 aliphatic heterocycles. The van der Waals surface area contributed by atoms with E-state index in [4.69, 9.17) is 0 Å². The first-order valence-electron chi connectivity index (χ1n) is 9.62. The van der Waals surface area contributed by atoms with Crippen molar-refractivity contribution in [1.82, 2.24) is 10.2 Å². The fourth-order valence-corrected chi connectivity index (χ4v) is 4.16. The van der Waals surface area contributed by atoms with Gasteiger partial charge < -0.3 is 5.32 Å². The van der Waals surface area contributed by atoms with Crippen LogP contribution in [0.5, 0.6) is 0 Å². The summed E-state index contributed by atoms with van der Waals surface area (Å²) in [6, 6.07) is 12.7. The first-order valence-corrected chi connectivity index (χ1v) is 11.1. The molecule has 2 aromatic rings. The molecule has 0 saturated heterocycles. The van der Waals surface area contributed by atoms with Crippen molar-refractivity contribution in [3.05, 3.63) is 65.7 Å². The van der Waals surface area contributed by atoms with E-state index in [1.54, 1.807) is 32.0 Å². The number of hydrogen-bond donors (Lipinski definition) is 1. The predicted molar refractivity (Wildman–Crippen MR) is 111 cm³/mol. The Morgan fingerprint density at radius 2 is 1.69 bits per heavy atom. The molecule has 11 heteroatoms. The molecule has 1 heterocycles. The maximum atomic E-state index is 14.2. The van der Waals surface area contributed by atoms with Crippen LogP contribution in [0.1, 0.15) is 24.5 Å². The molecule has 1 N–H and O–H groups in total. The molecule has 0 aromatic heterocycles. The molecule has 0 fully saturated rings. The summed E-state index contributed by atoms with van der Waals surface area (Å²) in [7, 11) is -4.87. The van der Waals surface area contributed by atoms with Gasteiger partial charge in [0.25, 0.3) is 15.7 Å². The van der Waals surface area contributed by atoms with Crippen LogP contribution in [0.4, 0.5) is 18.0 Å². The van der Waals surface area contributed by atoms with Gasteiger partial charge in [-0.05, 0) is 25.5 Å². The Bertz CT molecular complexity index is 1160. The summed E-state index contributed by atoms with van der Waals surface area (Å²) in [6.45, 7) is 3.23. The molecule has 0 unspecified atom stereocenters. The van der Waals surface area contributed by atoms with E-state index in [1.807, 2.05) is 0 Å². The summed E-state index contributed by atoms with van der Waals surface area (Å²) in [5, 5.41) is -0.578. The molecule has 0 bridgehead atoms. The minimum absolute atomic E-state index is 0.106.